The first kappa shape index (κ1) is 15.6. The third kappa shape index (κ3) is 392. The molecule has 0 heterocycles. The third-order valence-corrected chi connectivity index (χ3v) is 0. The minimum atomic E-state index is -4.92. The van der Waals surface area contributed by atoms with Crippen LogP contribution >= 0.6 is 0 Å². The smallest absolute Gasteiger partial charge is 0.870 e. The average molecular weight is 138 g/mol. The van der Waals surface area contributed by atoms with Crippen LogP contribution in [0.4, 0.5) is 0 Å². The molecule has 0 radical (unpaired) electrons. The SMILES string of the molecule is O=S(=O)([O-])O.[Mg+2].[OH-]. The molecule has 7 heavy (non-hydrogen) atoms. The molecule has 0 saturated carbocycles. The largest absolute Gasteiger partial charge is 2.00 e. The van der Waals surface area contributed by atoms with Crippen LogP contribution in [0.15, 0.2) is 0 Å². The normalized spacial score (nSPS) is 8.29. The number of hydrogen-bond donors (Lipinski definition) is 1. The van der Waals surface area contributed by atoms with Gasteiger partial charge in [0, 0.05) is 0 Å². The molecule has 0 aliphatic rings. The predicted molar refractivity (Wildman–Crippen MR) is 20.0 cm³/mol. The molecule has 0 atom stereocenters. The molecule has 0 aliphatic heterocycles. The van der Waals surface area contributed by atoms with Gasteiger partial charge in [0.05, 0.1) is 0 Å². The van der Waals surface area contributed by atoms with E-state index in [1.54, 1.807) is 0 Å². The van der Waals surface area contributed by atoms with Crippen LogP contribution in [-0.2, 0) is 10.4 Å². The molecular weight excluding hydrogens is 136 g/mol. The van der Waals surface area contributed by atoms with E-state index < -0.39 is 10.4 Å². The molecule has 0 spiro atoms. The zero-order valence-corrected chi connectivity index (χ0v) is 5.47. The monoisotopic (exact) mass is 138 g/mol. The summed E-state index contributed by atoms with van der Waals surface area (Å²) in [4.78, 5) is 0. The van der Waals surface area contributed by atoms with Crippen molar-refractivity contribution in [3.63, 3.8) is 0 Å². The number of rotatable bonds is 0. The molecule has 7 heteroatoms. The van der Waals surface area contributed by atoms with Gasteiger partial charge in [-0.1, -0.05) is 0 Å². The zero-order valence-electron chi connectivity index (χ0n) is 3.23. The van der Waals surface area contributed by atoms with Gasteiger partial charge in [0.25, 0.3) is 0 Å². The summed E-state index contributed by atoms with van der Waals surface area (Å²) in [5, 5.41) is 0. The average Bonchev–Trinajstić information content (AvgIpc) is 0.722. The van der Waals surface area contributed by atoms with Crippen molar-refractivity contribution in [1.82, 2.24) is 0 Å². The molecule has 0 unspecified atom stereocenters. The van der Waals surface area contributed by atoms with Crippen LogP contribution in [0.5, 0.6) is 0 Å². The second-order valence-electron chi connectivity index (χ2n) is 0.428. The molecule has 0 saturated heterocycles. The topological polar surface area (TPSA) is 107 Å². The fraction of sp³-hybridized carbons (Fsp3) is 0. The van der Waals surface area contributed by atoms with E-state index in [2.05, 4.69) is 0 Å². The van der Waals surface area contributed by atoms with Crippen LogP contribution in [0.25, 0.3) is 0 Å². The zero-order chi connectivity index (χ0) is 4.50. The van der Waals surface area contributed by atoms with E-state index in [4.69, 9.17) is 17.5 Å². The third-order valence-electron chi connectivity index (χ3n) is 0. The Balaban J connectivity index is -0.0000000800. The van der Waals surface area contributed by atoms with Gasteiger partial charge in [0.2, 0.25) is 10.4 Å². The van der Waals surface area contributed by atoms with Crippen LogP contribution in [0.1, 0.15) is 0 Å². The van der Waals surface area contributed by atoms with Crippen molar-refractivity contribution in [2.24, 2.45) is 0 Å². The Labute approximate surface area is 56.8 Å². The fourth-order valence-electron chi connectivity index (χ4n) is 0. The first-order valence-electron chi connectivity index (χ1n) is 0.683. The summed E-state index contributed by atoms with van der Waals surface area (Å²) in [6, 6.07) is 0. The van der Waals surface area contributed by atoms with Gasteiger partial charge in [-0.3, -0.25) is 4.55 Å². The minimum Gasteiger partial charge on any atom is -0.870 e. The summed E-state index contributed by atoms with van der Waals surface area (Å²) in [6.45, 7) is 0. The summed E-state index contributed by atoms with van der Waals surface area (Å²) in [5.74, 6) is 0. The van der Waals surface area contributed by atoms with Gasteiger partial charge in [-0.15, -0.1) is 0 Å². The quantitative estimate of drug-likeness (QED) is 0.248. The van der Waals surface area contributed by atoms with Crippen LogP contribution in [0, 0.1) is 0 Å². The molecule has 0 aliphatic carbocycles. The first-order valence-corrected chi connectivity index (χ1v) is 2.05. The Morgan fingerprint density at radius 1 is 1.43 bits per heavy atom. The van der Waals surface area contributed by atoms with Crippen molar-refractivity contribution in [3.05, 3.63) is 0 Å². The summed E-state index contributed by atoms with van der Waals surface area (Å²) in [6.07, 6.45) is 0. The second-order valence-corrected chi connectivity index (χ2v) is 1.28. The Bertz CT molecular complexity index is 91.2. The van der Waals surface area contributed by atoms with Crippen molar-refractivity contribution in [3.8, 4) is 0 Å². The molecule has 0 aromatic heterocycles. The van der Waals surface area contributed by atoms with Crippen molar-refractivity contribution in [2.45, 2.75) is 0 Å². The molecule has 0 rings (SSSR count). The van der Waals surface area contributed by atoms with E-state index in [0.29, 0.717) is 0 Å². The van der Waals surface area contributed by atoms with Crippen molar-refractivity contribution in [2.75, 3.05) is 0 Å². The number of hydrogen-bond acceptors (Lipinski definition) is 4. The van der Waals surface area contributed by atoms with E-state index in [-0.39, 0.29) is 28.5 Å². The van der Waals surface area contributed by atoms with E-state index in [1.807, 2.05) is 0 Å². The molecule has 0 aromatic carbocycles. The summed E-state index contributed by atoms with van der Waals surface area (Å²) < 4.78 is 32.8. The van der Waals surface area contributed by atoms with Gasteiger partial charge in [0.1, 0.15) is 0 Å². The molecule has 0 bridgehead atoms. The molecule has 40 valence electrons. The van der Waals surface area contributed by atoms with Gasteiger partial charge in [-0.05, 0) is 0 Å². The van der Waals surface area contributed by atoms with E-state index in [1.165, 1.54) is 0 Å². The minimum absolute atomic E-state index is 0. The van der Waals surface area contributed by atoms with Crippen molar-refractivity contribution < 1.29 is 23.0 Å². The predicted octanol–water partition coefficient (Wildman–Crippen LogP) is -1.55. The van der Waals surface area contributed by atoms with Gasteiger partial charge in [-0.25, -0.2) is 8.42 Å². The van der Waals surface area contributed by atoms with E-state index in [0.717, 1.165) is 0 Å². The molecule has 5 nitrogen and oxygen atoms in total. The Morgan fingerprint density at radius 2 is 1.43 bits per heavy atom. The Kier molecular flexibility index (Phi) is 10.6. The van der Waals surface area contributed by atoms with E-state index in [9.17, 15) is 0 Å². The second kappa shape index (κ2) is 4.75. The maximum absolute atomic E-state index is 8.63. The van der Waals surface area contributed by atoms with Crippen LogP contribution < -0.4 is 0 Å². The molecular formula is H2MgO5S. The van der Waals surface area contributed by atoms with Gasteiger partial charge in [0.15, 0.2) is 0 Å². The first-order chi connectivity index (χ1) is 2.00. The molecule has 0 aromatic rings. The maximum Gasteiger partial charge on any atom is 2.00 e. The standard InChI is InChI=1S/Mg.H2O4S.H2O/c;1-5(2,3)4;/h;(H2,1,2,3,4);1H2/q+2;;/p-2. The summed E-state index contributed by atoms with van der Waals surface area (Å²) in [5.41, 5.74) is 0. The van der Waals surface area contributed by atoms with E-state index >= 15 is 0 Å². The van der Waals surface area contributed by atoms with Gasteiger partial charge in [-0.2, -0.15) is 0 Å². The van der Waals surface area contributed by atoms with Crippen LogP contribution in [0.3, 0.4) is 0 Å². The molecule has 0 amide bonds. The van der Waals surface area contributed by atoms with Crippen molar-refractivity contribution >= 4 is 33.5 Å². The molecule has 0 fully saturated rings. The van der Waals surface area contributed by atoms with Crippen LogP contribution in [0.2, 0.25) is 0 Å². The Morgan fingerprint density at radius 3 is 1.43 bits per heavy atom. The van der Waals surface area contributed by atoms with Gasteiger partial charge < -0.3 is 10.0 Å². The maximum atomic E-state index is 8.63. The molecule has 2 N–H and O–H groups in total. The fourth-order valence-corrected chi connectivity index (χ4v) is 0. The van der Waals surface area contributed by atoms with Gasteiger partial charge >= 0.3 is 23.1 Å². The summed E-state index contributed by atoms with van der Waals surface area (Å²) >= 11 is 0. The Hall–Kier alpha value is 0.596. The van der Waals surface area contributed by atoms with Crippen LogP contribution in [-0.4, -0.2) is 46.1 Å². The van der Waals surface area contributed by atoms with Crippen molar-refractivity contribution in [1.29, 1.82) is 0 Å². The summed E-state index contributed by atoms with van der Waals surface area (Å²) in [7, 11) is -4.92.